The van der Waals surface area contributed by atoms with Gasteiger partial charge in [-0.3, -0.25) is 0 Å². The van der Waals surface area contributed by atoms with Gasteiger partial charge >= 0.3 is 0 Å². The van der Waals surface area contributed by atoms with Gasteiger partial charge in [0.25, 0.3) is 0 Å². The topological polar surface area (TPSA) is 37.4 Å². The summed E-state index contributed by atoms with van der Waals surface area (Å²) in [5.74, 6) is 0.112. The van der Waals surface area contributed by atoms with E-state index in [0.717, 1.165) is 4.31 Å². The van der Waals surface area contributed by atoms with Crippen LogP contribution in [0.1, 0.15) is 6.92 Å². The van der Waals surface area contributed by atoms with E-state index < -0.39 is 10.0 Å². The monoisotopic (exact) mass is 147 g/mol. The first-order chi connectivity index (χ1) is 4.04. The van der Waals surface area contributed by atoms with Crippen molar-refractivity contribution in [2.24, 2.45) is 0 Å². The Bertz CT molecular complexity index is 165. The first-order valence-corrected chi connectivity index (χ1v) is 4.29. The molecule has 2 radical (unpaired) electrons. The third-order valence-electron chi connectivity index (χ3n) is 1.10. The van der Waals surface area contributed by atoms with Crippen molar-refractivity contribution in [3.8, 4) is 0 Å². The molecule has 0 saturated carbocycles. The lowest BCUT2D eigenvalue weighted by Crippen LogP contribution is -2.29. The Kier molecular flexibility index (Phi) is 3.21. The molecule has 0 amide bonds. The first-order valence-electron chi connectivity index (χ1n) is 2.68. The molecule has 0 saturated heterocycles. The zero-order valence-corrected chi connectivity index (χ0v) is 6.48. The molecule has 0 N–H and O–H groups in total. The predicted molar refractivity (Wildman–Crippen MR) is 37.8 cm³/mol. The molecular formula is C4H10BNO2S. The molecule has 0 atom stereocenters. The van der Waals surface area contributed by atoms with Crippen molar-refractivity contribution in [2.45, 2.75) is 6.92 Å². The normalized spacial score (nSPS) is 12.3. The van der Waals surface area contributed by atoms with E-state index in [0.29, 0.717) is 0 Å². The first kappa shape index (κ1) is 8.97. The van der Waals surface area contributed by atoms with Crippen LogP contribution in [0, 0.1) is 0 Å². The molecule has 0 aliphatic rings. The fourth-order valence-corrected chi connectivity index (χ4v) is 1.00. The van der Waals surface area contributed by atoms with Crippen LogP contribution >= 0.6 is 0 Å². The van der Waals surface area contributed by atoms with Crippen LogP contribution in [0.3, 0.4) is 0 Å². The van der Waals surface area contributed by atoms with Gasteiger partial charge in [0.15, 0.2) is 0 Å². The molecule has 3 nitrogen and oxygen atoms in total. The highest BCUT2D eigenvalue weighted by Gasteiger charge is 2.10. The molecule has 0 spiro atoms. The summed E-state index contributed by atoms with van der Waals surface area (Å²) in [6, 6.07) is 0. The maximum atomic E-state index is 10.8. The zero-order chi connectivity index (χ0) is 7.49. The standard InChI is InChI=1S/C4H10BNO2S/c1-3-9(7,8)6(2)4-5/h3-4H2,1-2H3. The summed E-state index contributed by atoms with van der Waals surface area (Å²) in [5, 5.41) is 0. The third kappa shape index (κ3) is 2.36. The van der Waals surface area contributed by atoms with E-state index >= 15 is 0 Å². The summed E-state index contributed by atoms with van der Waals surface area (Å²) in [6.45, 7) is 1.58. The molecule has 0 aromatic carbocycles. The molecule has 0 unspecified atom stereocenters. The molecule has 52 valence electrons. The molecule has 0 aliphatic carbocycles. The second-order valence-electron chi connectivity index (χ2n) is 1.68. The summed E-state index contributed by atoms with van der Waals surface area (Å²) in [7, 11) is 3.50. The summed E-state index contributed by atoms with van der Waals surface area (Å²) in [4.78, 5) is 0. The van der Waals surface area contributed by atoms with Gasteiger partial charge < -0.3 is 0 Å². The lowest BCUT2D eigenvalue weighted by Gasteiger charge is -2.12. The van der Waals surface area contributed by atoms with E-state index in [1.165, 1.54) is 7.05 Å². The smallest absolute Gasteiger partial charge is 0.212 e. The highest BCUT2D eigenvalue weighted by atomic mass is 32.2. The van der Waals surface area contributed by atoms with Gasteiger partial charge in [0.05, 0.1) is 13.6 Å². The Labute approximate surface area is 57.5 Å². The van der Waals surface area contributed by atoms with Crippen molar-refractivity contribution in [2.75, 3.05) is 19.2 Å². The van der Waals surface area contributed by atoms with Crippen LogP contribution in [0.4, 0.5) is 0 Å². The van der Waals surface area contributed by atoms with E-state index in [-0.39, 0.29) is 12.2 Å². The Hall–Kier alpha value is -0.0251. The maximum absolute atomic E-state index is 10.8. The second-order valence-corrected chi connectivity index (χ2v) is 4.05. The largest absolute Gasteiger partial charge is 0.214 e. The Morgan fingerprint density at radius 2 is 2.00 bits per heavy atom. The number of rotatable bonds is 3. The number of hydrogen-bond acceptors (Lipinski definition) is 2. The third-order valence-corrected chi connectivity index (χ3v) is 2.93. The number of sulfonamides is 1. The highest BCUT2D eigenvalue weighted by molar-refractivity contribution is 7.89. The van der Waals surface area contributed by atoms with Crippen LogP contribution in [-0.4, -0.2) is 39.8 Å². The second kappa shape index (κ2) is 3.22. The minimum absolute atomic E-state index is 0.0518. The number of nitrogens with zero attached hydrogens (tertiary/aromatic N) is 1. The minimum atomic E-state index is -3.04. The quantitative estimate of drug-likeness (QED) is 0.499. The average molecular weight is 147 g/mol. The minimum Gasteiger partial charge on any atom is -0.214 e. The van der Waals surface area contributed by atoms with Crippen LogP contribution in [0.15, 0.2) is 0 Å². The fourth-order valence-electron chi connectivity index (χ4n) is 0.334. The van der Waals surface area contributed by atoms with Crippen molar-refractivity contribution >= 4 is 17.9 Å². The van der Waals surface area contributed by atoms with Crippen molar-refractivity contribution in [3.63, 3.8) is 0 Å². The van der Waals surface area contributed by atoms with Gasteiger partial charge in [-0.05, 0) is 13.4 Å². The summed E-state index contributed by atoms with van der Waals surface area (Å²) in [6.07, 6.45) is 0.0518. The molecule has 0 rings (SSSR count). The molecule has 0 aromatic heterocycles. The van der Waals surface area contributed by atoms with Crippen molar-refractivity contribution in [3.05, 3.63) is 0 Å². The maximum Gasteiger partial charge on any atom is 0.212 e. The molecule has 0 aliphatic heterocycles. The Balaban J connectivity index is 4.17. The van der Waals surface area contributed by atoms with Gasteiger partial charge in [0.2, 0.25) is 10.0 Å². The van der Waals surface area contributed by atoms with Crippen molar-refractivity contribution < 1.29 is 8.42 Å². The van der Waals surface area contributed by atoms with E-state index in [1.807, 2.05) is 0 Å². The highest BCUT2D eigenvalue weighted by Crippen LogP contribution is 1.93. The fraction of sp³-hybridized carbons (Fsp3) is 1.00. The molecule has 0 bridgehead atoms. The average Bonchev–Trinajstić information content (AvgIpc) is 1.86. The molecule has 0 heterocycles. The summed E-state index contributed by atoms with van der Waals surface area (Å²) >= 11 is 0. The number of hydrogen-bond donors (Lipinski definition) is 0. The van der Waals surface area contributed by atoms with Crippen LogP contribution in [-0.2, 0) is 10.0 Å². The van der Waals surface area contributed by atoms with Gasteiger partial charge in [0, 0.05) is 7.05 Å². The van der Waals surface area contributed by atoms with Gasteiger partial charge in [-0.25, -0.2) is 12.7 Å². The van der Waals surface area contributed by atoms with E-state index in [1.54, 1.807) is 6.92 Å². The molecular weight excluding hydrogens is 137 g/mol. The predicted octanol–water partition coefficient (Wildman–Crippen LogP) is -0.606. The molecule has 0 aromatic rings. The van der Waals surface area contributed by atoms with Crippen molar-refractivity contribution in [1.82, 2.24) is 4.31 Å². The van der Waals surface area contributed by atoms with Gasteiger partial charge in [-0.2, -0.15) is 0 Å². The van der Waals surface area contributed by atoms with Gasteiger partial charge in [-0.1, -0.05) is 0 Å². The summed E-state index contributed by atoms with van der Waals surface area (Å²) < 4.78 is 22.7. The SMILES string of the molecule is [B]CN(C)S(=O)(=O)CC. The zero-order valence-electron chi connectivity index (χ0n) is 5.66. The summed E-state index contributed by atoms with van der Waals surface area (Å²) in [5.41, 5.74) is 0. The van der Waals surface area contributed by atoms with Crippen LogP contribution in [0.5, 0.6) is 0 Å². The van der Waals surface area contributed by atoms with Crippen LogP contribution in [0.25, 0.3) is 0 Å². The lowest BCUT2D eigenvalue weighted by molar-refractivity contribution is 0.512. The van der Waals surface area contributed by atoms with Gasteiger partial charge in [0.1, 0.15) is 0 Å². The van der Waals surface area contributed by atoms with Crippen LogP contribution < -0.4 is 0 Å². The molecule has 9 heavy (non-hydrogen) atoms. The Morgan fingerprint density at radius 1 is 1.56 bits per heavy atom. The lowest BCUT2D eigenvalue weighted by atomic mass is 10.2. The Morgan fingerprint density at radius 3 is 2.11 bits per heavy atom. The van der Waals surface area contributed by atoms with Gasteiger partial charge in [-0.15, -0.1) is 0 Å². The van der Waals surface area contributed by atoms with Crippen molar-refractivity contribution in [1.29, 1.82) is 0 Å². The van der Waals surface area contributed by atoms with E-state index in [4.69, 9.17) is 7.85 Å². The van der Waals surface area contributed by atoms with Crippen LogP contribution in [0.2, 0.25) is 0 Å². The van der Waals surface area contributed by atoms with E-state index in [2.05, 4.69) is 0 Å². The molecule has 0 fully saturated rings. The van der Waals surface area contributed by atoms with E-state index in [9.17, 15) is 8.42 Å². The molecule has 5 heteroatoms.